The average molecular weight is 551 g/mol. The van der Waals surface area contributed by atoms with E-state index in [1.54, 1.807) is 12.5 Å². The zero-order valence-electron chi connectivity index (χ0n) is 17.6. The smallest absolute Gasteiger partial charge is 0.205 e. The maximum atomic E-state index is 6.34. The van der Waals surface area contributed by atoms with Crippen LogP contribution < -0.4 is 15.8 Å². The lowest BCUT2D eigenvalue weighted by Crippen LogP contribution is -2.27. The van der Waals surface area contributed by atoms with Crippen molar-refractivity contribution in [2.24, 2.45) is 0 Å². The van der Waals surface area contributed by atoms with Crippen LogP contribution in [0.15, 0.2) is 39.7 Å². The molecular formula is C23H22BrCl2N5O2. The Labute approximate surface area is 209 Å². The van der Waals surface area contributed by atoms with E-state index in [1.807, 2.05) is 18.3 Å². The number of piperidine rings is 1. The molecule has 0 atom stereocenters. The largest absolute Gasteiger partial charge is 0.486 e. The highest BCUT2D eigenvalue weighted by Gasteiger charge is 2.24. The minimum atomic E-state index is 0.266. The van der Waals surface area contributed by atoms with Gasteiger partial charge in [0, 0.05) is 49.9 Å². The van der Waals surface area contributed by atoms with Crippen molar-refractivity contribution in [2.45, 2.75) is 25.2 Å². The molecule has 0 amide bonds. The standard InChI is InChI=1S/C23H22BrCl2N5O2/c24-13-7-18(25)14(19(26)8-13)3-6-32-22-21-16(9-29-23(22)27)17(11-33-21)15-10-30-31-20(15)12-1-4-28-5-2-12/h7-12,28H,1-6H2,(H2,27,29)(H,30,31). The molecule has 4 N–H and O–H groups in total. The number of nitrogens with two attached hydrogens (primary N) is 1. The number of nitrogen functional groups attached to an aromatic ring is 1. The number of halogens is 3. The Morgan fingerprint density at radius 1 is 1.15 bits per heavy atom. The second kappa shape index (κ2) is 9.54. The molecule has 4 aromatic rings. The Hall–Kier alpha value is -2.26. The number of hydrogen-bond donors (Lipinski definition) is 3. The third kappa shape index (κ3) is 4.45. The van der Waals surface area contributed by atoms with E-state index in [0.717, 1.165) is 58.2 Å². The van der Waals surface area contributed by atoms with E-state index < -0.39 is 0 Å². The Morgan fingerprint density at radius 3 is 2.67 bits per heavy atom. The van der Waals surface area contributed by atoms with E-state index in [9.17, 15) is 0 Å². The lowest BCUT2D eigenvalue weighted by atomic mass is 9.90. The number of nitrogens with one attached hydrogen (secondary N) is 2. The second-order valence-corrected chi connectivity index (χ2v) is 9.76. The van der Waals surface area contributed by atoms with Gasteiger partial charge in [-0.05, 0) is 43.6 Å². The molecular weight excluding hydrogens is 529 g/mol. The number of H-pyrrole nitrogens is 1. The molecule has 0 unspecified atom stereocenters. The lowest BCUT2D eigenvalue weighted by molar-refractivity contribution is 0.321. The number of ether oxygens (including phenoxy) is 1. The Balaban J connectivity index is 1.42. The van der Waals surface area contributed by atoms with Crippen molar-refractivity contribution in [3.8, 4) is 16.9 Å². The minimum absolute atomic E-state index is 0.266. The second-order valence-electron chi connectivity index (χ2n) is 8.03. The van der Waals surface area contributed by atoms with Crippen LogP contribution in [-0.2, 0) is 6.42 Å². The van der Waals surface area contributed by atoms with Crippen molar-refractivity contribution in [2.75, 3.05) is 25.4 Å². The fourth-order valence-corrected chi connectivity index (χ4v) is 5.72. The first-order valence-corrected chi connectivity index (χ1v) is 12.2. The van der Waals surface area contributed by atoms with Gasteiger partial charge in [-0.1, -0.05) is 39.1 Å². The summed E-state index contributed by atoms with van der Waals surface area (Å²) in [5, 5.41) is 12.9. The zero-order chi connectivity index (χ0) is 22.9. The van der Waals surface area contributed by atoms with E-state index in [4.69, 9.17) is 38.1 Å². The summed E-state index contributed by atoms with van der Waals surface area (Å²) in [4.78, 5) is 4.36. The van der Waals surface area contributed by atoms with Crippen molar-refractivity contribution >= 4 is 55.9 Å². The highest BCUT2D eigenvalue weighted by atomic mass is 79.9. The SMILES string of the molecule is Nc1ncc2c(-c3cn[nH]c3C3CCNCC3)coc2c1OCCc1c(Cl)cc(Br)cc1Cl. The molecule has 0 saturated carbocycles. The van der Waals surface area contributed by atoms with Crippen LogP contribution in [0.1, 0.15) is 30.0 Å². The molecule has 7 nitrogen and oxygen atoms in total. The fraction of sp³-hybridized carbons (Fsp3) is 0.304. The highest BCUT2D eigenvalue weighted by Crippen LogP contribution is 2.41. The maximum absolute atomic E-state index is 6.34. The third-order valence-corrected chi connectivity index (χ3v) is 7.14. The summed E-state index contributed by atoms with van der Waals surface area (Å²) in [5.41, 5.74) is 10.6. The number of rotatable bonds is 6. The number of furan rings is 1. The van der Waals surface area contributed by atoms with E-state index in [2.05, 4.69) is 36.4 Å². The highest BCUT2D eigenvalue weighted by molar-refractivity contribution is 9.10. The van der Waals surface area contributed by atoms with Crippen molar-refractivity contribution < 1.29 is 9.15 Å². The van der Waals surface area contributed by atoms with Crippen LogP contribution in [0.25, 0.3) is 22.1 Å². The van der Waals surface area contributed by atoms with Crippen LogP contribution in [-0.4, -0.2) is 34.9 Å². The molecule has 0 radical (unpaired) electrons. The minimum Gasteiger partial charge on any atom is -0.486 e. The predicted octanol–water partition coefficient (Wildman–Crippen LogP) is 5.96. The van der Waals surface area contributed by atoms with Crippen molar-refractivity contribution in [3.05, 3.63) is 56.6 Å². The van der Waals surface area contributed by atoms with E-state index in [1.165, 1.54) is 0 Å². The molecule has 5 rings (SSSR count). The van der Waals surface area contributed by atoms with Crippen molar-refractivity contribution in [1.29, 1.82) is 0 Å². The Kier molecular flexibility index (Phi) is 6.51. The normalized spacial score (nSPS) is 14.8. The predicted molar refractivity (Wildman–Crippen MR) is 134 cm³/mol. The number of aromatic nitrogens is 3. The lowest BCUT2D eigenvalue weighted by Gasteiger charge is -2.22. The van der Waals surface area contributed by atoms with Gasteiger partial charge in [0.2, 0.25) is 5.75 Å². The molecule has 0 aliphatic carbocycles. The van der Waals surface area contributed by atoms with Crippen LogP contribution in [0.5, 0.6) is 5.75 Å². The molecule has 0 bridgehead atoms. The molecule has 33 heavy (non-hydrogen) atoms. The van der Waals surface area contributed by atoms with Gasteiger partial charge < -0.3 is 20.2 Å². The molecule has 0 spiro atoms. The van der Waals surface area contributed by atoms with Gasteiger partial charge in [0.05, 0.1) is 18.2 Å². The maximum Gasteiger partial charge on any atom is 0.205 e. The van der Waals surface area contributed by atoms with Crippen LogP contribution in [0.2, 0.25) is 10.0 Å². The van der Waals surface area contributed by atoms with Crippen LogP contribution in [0.3, 0.4) is 0 Å². The summed E-state index contributed by atoms with van der Waals surface area (Å²) in [6, 6.07) is 3.62. The average Bonchev–Trinajstić information content (AvgIpc) is 3.44. The number of fused-ring (bicyclic) bond motifs is 1. The van der Waals surface area contributed by atoms with E-state index in [0.29, 0.717) is 40.3 Å². The Bertz CT molecular complexity index is 1280. The molecule has 1 aliphatic rings. The van der Waals surface area contributed by atoms with E-state index in [-0.39, 0.29) is 5.82 Å². The summed E-state index contributed by atoms with van der Waals surface area (Å²) in [7, 11) is 0. The van der Waals surface area contributed by atoms with Gasteiger partial charge in [0.25, 0.3) is 0 Å². The molecule has 3 aromatic heterocycles. The summed E-state index contributed by atoms with van der Waals surface area (Å²) in [6.07, 6.45) is 7.91. The molecule has 1 aromatic carbocycles. The molecule has 10 heteroatoms. The first-order valence-electron chi connectivity index (χ1n) is 10.7. The van der Waals surface area contributed by atoms with E-state index >= 15 is 0 Å². The van der Waals surface area contributed by atoms with Gasteiger partial charge in [-0.3, -0.25) is 5.10 Å². The molecule has 172 valence electrons. The Morgan fingerprint density at radius 2 is 1.91 bits per heavy atom. The van der Waals surface area contributed by atoms with Gasteiger partial charge in [0.1, 0.15) is 6.26 Å². The van der Waals surface area contributed by atoms with Crippen LogP contribution in [0, 0.1) is 0 Å². The first kappa shape index (κ1) is 22.5. The first-order chi connectivity index (χ1) is 16.0. The summed E-state index contributed by atoms with van der Waals surface area (Å²) < 4.78 is 12.8. The molecule has 1 fully saturated rings. The summed E-state index contributed by atoms with van der Waals surface area (Å²) >= 11 is 16.1. The molecule has 4 heterocycles. The quantitative estimate of drug-likeness (QED) is 0.274. The van der Waals surface area contributed by atoms with Gasteiger partial charge in [-0.25, -0.2) is 4.98 Å². The number of anilines is 1. The summed E-state index contributed by atoms with van der Waals surface area (Å²) in [5.74, 6) is 1.10. The number of pyridine rings is 1. The van der Waals surface area contributed by atoms with Crippen molar-refractivity contribution in [1.82, 2.24) is 20.5 Å². The van der Waals surface area contributed by atoms with Gasteiger partial charge in [-0.15, -0.1) is 0 Å². The number of aromatic amines is 1. The topological polar surface area (TPSA) is 102 Å². The van der Waals surface area contributed by atoms with Gasteiger partial charge in [-0.2, -0.15) is 5.10 Å². The van der Waals surface area contributed by atoms with Crippen LogP contribution in [0.4, 0.5) is 5.82 Å². The molecule has 1 saturated heterocycles. The number of benzene rings is 1. The van der Waals surface area contributed by atoms with Gasteiger partial charge >= 0.3 is 0 Å². The number of nitrogens with zero attached hydrogens (tertiary/aromatic N) is 2. The number of hydrogen-bond acceptors (Lipinski definition) is 6. The summed E-state index contributed by atoms with van der Waals surface area (Å²) in [6.45, 7) is 2.31. The zero-order valence-corrected chi connectivity index (χ0v) is 20.7. The third-order valence-electron chi connectivity index (χ3n) is 6.01. The van der Waals surface area contributed by atoms with Crippen molar-refractivity contribution in [3.63, 3.8) is 0 Å². The van der Waals surface area contributed by atoms with Gasteiger partial charge in [0.15, 0.2) is 11.4 Å². The molecule has 1 aliphatic heterocycles. The fourth-order valence-electron chi connectivity index (χ4n) is 4.33. The monoisotopic (exact) mass is 549 g/mol. The van der Waals surface area contributed by atoms with Crippen LogP contribution >= 0.6 is 39.1 Å².